The number of pyridine rings is 1. The van der Waals surface area contributed by atoms with E-state index in [1.165, 1.54) is 0 Å². The molecule has 0 fully saturated rings. The lowest BCUT2D eigenvalue weighted by Crippen LogP contribution is -2.02. The maximum atomic E-state index is 9.10. The Bertz CT molecular complexity index is 978. The Balaban J connectivity index is 1.74. The number of rotatable bonds is 5. The lowest BCUT2D eigenvalue weighted by atomic mass is 10.1. The standard InChI is InChI=1S/C21H20N4O/c1-15-8-9-21(23-12-15)25-16(2)10-20(17(25)3)13-24-26-14-19-7-5-4-6-18(19)11-22/h4-10,12-13H,14H2,1-3H3/b24-13-. The first-order valence-electron chi connectivity index (χ1n) is 8.35. The third kappa shape index (κ3) is 3.65. The van der Waals surface area contributed by atoms with E-state index in [1.807, 2.05) is 63.4 Å². The first kappa shape index (κ1) is 17.4. The number of aryl methyl sites for hydroxylation is 2. The van der Waals surface area contributed by atoms with E-state index in [0.717, 1.165) is 33.9 Å². The van der Waals surface area contributed by atoms with Crippen LogP contribution in [-0.2, 0) is 11.4 Å². The molecule has 0 bridgehead atoms. The number of nitrogens with zero attached hydrogens (tertiary/aromatic N) is 4. The van der Waals surface area contributed by atoms with Crippen LogP contribution in [0, 0.1) is 32.1 Å². The van der Waals surface area contributed by atoms with Crippen molar-refractivity contribution in [3.05, 3.63) is 82.3 Å². The fourth-order valence-electron chi connectivity index (χ4n) is 2.82. The topological polar surface area (TPSA) is 63.2 Å². The predicted octanol–water partition coefficient (Wildman–Crippen LogP) is 4.22. The van der Waals surface area contributed by atoms with Gasteiger partial charge in [-0.1, -0.05) is 29.4 Å². The van der Waals surface area contributed by atoms with Crippen LogP contribution in [0.2, 0.25) is 0 Å². The molecule has 0 N–H and O–H groups in total. The molecule has 5 nitrogen and oxygen atoms in total. The van der Waals surface area contributed by atoms with E-state index in [2.05, 4.69) is 20.8 Å². The molecule has 0 spiro atoms. The van der Waals surface area contributed by atoms with Crippen molar-refractivity contribution in [2.45, 2.75) is 27.4 Å². The van der Waals surface area contributed by atoms with Crippen LogP contribution in [0.25, 0.3) is 5.82 Å². The van der Waals surface area contributed by atoms with Gasteiger partial charge in [0, 0.05) is 28.7 Å². The van der Waals surface area contributed by atoms with E-state index >= 15 is 0 Å². The van der Waals surface area contributed by atoms with E-state index in [-0.39, 0.29) is 6.61 Å². The van der Waals surface area contributed by atoms with Gasteiger partial charge in [-0.05, 0) is 44.5 Å². The Labute approximate surface area is 153 Å². The fourth-order valence-corrected chi connectivity index (χ4v) is 2.82. The molecule has 26 heavy (non-hydrogen) atoms. The Kier molecular flexibility index (Phi) is 5.14. The fraction of sp³-hybridized carbons (Fsp3) is 0.190. The Morgan fingerprint density at radius 2 is 2.00 bits per heavy atom. The highest BCUT2D eigenvalue weighted by molar-refractivity contribution is 5.81. The molecular weight excluding hydrogens is 324 g/mol. The van der Waals surface area contributed by atoms with Gasteiger partial charge in [-0.15, -0.1) is 0 Å². The van der Waals surface area contributed by atoms with Gasteiger partial charge in [-0.2, -0.15) is 5.26 Å². The smallest absolute Gasteiger partial charge is 0.143 e. The normalized spacial score (nSPS) is 10.8. The molecule has 0 aliphatic heterocycles. The van der Waals surface area contributed by atoms with Gasteiger partial charge >= 0.3 is 0 Å². The molecule has 0 saturated carbocycles. The van der Waals surface area contributed by atoms with E-state index in [0.29, 0.717) is 5.56 Å². The first-order chi connectivity index (χ1) is 12.6. The van der Waals surface area contributed by atoms with Gasteiger partial charge in [0.1, 0.15) is 12.4 Å². The third-order valence-electron chi connectivity index (χ3n) is 4.22. The summed E-state index contributed by atoms with van der Waals surface area (Å²) in [5.41, 5.74) is 5.65. The van der Waals surface area contributed by atoms with Crippen LogP contribution in [-0.4, -0.2) is 15.8 Å². The minimum absolute atomic E-state index is 0.262. The first-order valence-corrected chi connectivity index (χ1v) is 8.35. The van der Waals surface area contributed by atoms with Gasteiger partial charge in [0.05, 0.1) is 17.8 Å². The molecule has 5 heteroatoms. The van der Waals surface area contributed by atoms with Gasteiger partial charge < -0.3 is 9.40 Å². The molecule has 0 aliphatic rings. The lowest BCUT2D eigenvalue weighted by Gasteiger charge is -2.08. The van der Waals surface area contributed by atoms with Gasteiger partial charge in [-0.3, -0.25) is 0 Å². The number of benzene rings is 1. The van der Waals surface area contributed by atoms with Crippen molar-refractivity contribution in [1.29, 1.82) is 5.26 Å². The highest BCUT2D eigenvalue weighted by atomic mass is 16.6. The zero-order valence-corrected chi connectivity index (χ0v) is 15.1. The molecule has 0 unspecified atom stereocenters. The zero-order chi connectivity index (χ0) is 18.5. The van der Waals surface area contributed by atoms with Crippen molar-refractivity contribution in [2.24, 2.45) is 5.16 Å². The third-order valence-corrected chi connectivity index (χ3v) is 4.22. The molecule has 0 atom stereocenters. The van der Waals surface area contributed by atoms with Crippen LogP contribution in [0.4, 0.5) is 0 Å². The molecule has 0 radical (unpaired) electrons. The van der Waals surface area contributed by atoms with Gasteiger partial charge in [-0.25, -0.2) is 4.98 Å². The Hall–Kier alpha value is -3.39. The van der Waals surface area contributed by atoms with Crippen LogP contribution < -0.4 is 0 Å². The molecule has 3 aromatic rings. The van der Waals surface area contributed by atoms with E-state index in [1.54, 1.807) is 12.3 Å². The number of hydrogen-bond acceptors (Lipinski definition) is 4. The summed E-state index contributed by atoms with van der Waals surface area (Å²) in [6, 6.07) is 15.6. The summed E-state index contributed by atoms with van der Waals surface area (Å²) >= 11 is 0. The SMILES string of the molecule is Cc1ccc(-n2c(C)cc(/C=N\OCc3ccccc3C#N)c2C)nc1. The van der Waals surface area contributed by atoms with Crippen molar-refractivity contribution in [3.8, 4) is 11.9 Å². The molecule has 130 valence electrons. The summed E-state index contributed by atoms with van der Waals surface area (Å²) in [4.78, 5) is 9.88. The average molecular weight is 344 g/mol. The number of hydrogen-bond donors (Lipinski definition) is 0. The summed E-state index contributed by atoms with van der Waals surface area (Å²) in [6.07, 6.45) is 3.56. The molecule has 0 saturated heterocycles. The Morgan fingerprint density at radius 1 is 1.19 bits per heavy atom. The largest absolute Gasteiger partial charge is 0.391 e. The van der Waals surface area contributed by atoms with Crippen LogP contribution in [0.1, 0.15) is 33.6 Å². The second-order valence-corrected chi connectivity index (χ2v) is 6.13. The monoisotopic (exact) mass is 344 g/mol. The second kappa shape index (κ2) is 7.66. The second-order valence-electron chi connectivity index (χ2n) is 6.13. The summed E-state index contributed by atoms with van der Waals surface area (Å²) in [5, 5.41) is 13.2. The molecular formula is C21H20N4O. The van der Waals surface area contributed by atoms with Gasteiger partial charge in [0.15, 0.2) is 0 Å². The van der Waals surface area contributed by atoms with Crippen molar-refractivity contribution in [1.82, 2.24) is 9.55 Å². The van der Waals surface area contributed by atoms with Crippen LogP contribution in [0.5, 0.6) is 0 Å². The highest BCUT2D eigenvalue weighted by Gasteiger charge is 2.10. The lowest BCUT2D eigenvalue weighted by molar-refractivity contribution is 0.132. The molecule has 2 aromatic heterocycles. The quantitative estimate of drug-likeness (QED) is 0.514. The van der Waals surface area contributed by atoms with E-state index < -0.39 is 0 Å². The minimum Gasteiger partial charge on any atom is -0.391 e. The summed E-state index contributed by atoms with van der Waals surface area (Å²) in [7, 11) is 0. The Morgan fingerprint density at radius 3 is 2.73 bits per heavy atom. The van der Waals surface area contributed by atoms with Gasteiger partial charge in [0.25, 0.3) is 0 Å². The minimum atomic E-state index is 0.262. The maximum Gasteiger partial charge on any atom is 0.143 e. The number of nitriles is 1. The molecule has 2 heterocycles. The van der Waals surface area contributed by atoms with Gasteiger partial charge in [0.2, 0.25) is 0 Å². The van der Waals surface area contributed by atoms with Crippen LogP contribution in [0.3, 0.4) is 0 Å². The highest BCUT2D eigenvalue weighted by Crippen LogP contribution is 2.18. The van der Waals surface area contributed by atoms with Crippen molar-refractivity contribution < 1.29 is 4.84 Å². The maximum absolute atomic E-state index is 9.10. The molecule has 1 aromatic carbocycles. The summed E-state index contributed by atoms with van der Waals surface area (Å²) in [6.45, 7) is 6.35. The predicted molar refractivity (Wildman–Crippen MR) is 101 cm³/mol. The van der Waals surface area contributed by atoms with E-state index in [4.69, 9.17) is 10.1 Å². The molecule has 0 aliphatic carbocycles. The zero-order valence-electron chi connectivity index (χ0n) is 15.1. The molecule has 3 rings (SSSR count). The number of aromatic nitrogens is 2. The van der Waals surface area contributed by atoms with Crippen molar-refractivity contribution >= 4 is 6.21 Å². The summed E-state index contributed by atoms with van der Waals surface area (Å²) in [5.74, 6) is 0.883. The van der Waals surface area contributed by atoms with E-state index in [9.17, 15) is 0 Å². The molecule has 0 amide bonds. The van der Waals surface area contributed by atoms with Crippen LogP contribution in [0.15, 0.2) is 53.8 Å². The number of oxime groups is 1. The van der Waals surface area contributed by atoms with Crippen molar-refractivity contribution in [2.75, 3.05) is 0 Å². The summed E-state index contributed by atoms with van der Waals surface area (Å²) < 4.78 is 2.09. The van der Waals surface area contributed by atoms with Crippen LogP contribution >= 0.6 is 0 Å². The van der Waals surface area contributed by atoms with Crippen molar-refractivity contribution in [3.63, 3.8) is 0 Å². The average Bonchev–Trinajstić information content (AvgIpc) is 2.93.